The second-order valence-corrected chi connectivity index (χ2v) is 29.2. The molecule has 1 aromatic heterocycles. The number of rotatable bonds is 25. The van der Waals surface area contributed by atoms with E-state index in [9.17, 15) is 54.6 Å². The second kappa shape index (κ2) is 40.5. The molecule has 5 aromatic carbocycles. The minimum absolute atomic E-state index is 0.0436. The number of alkyl halides is 2. The normalized spacial score (nSPS) is 21.7. The predicted molar refractivity (Wildman–Crippen MR) is 420 cm³/mol. The average molecular weight is 1580 g/mol. The summed E-state index contributed by atoms with van der Waals surface area (Å²) in [5, 5.41) is 95.5. The molecule has 2 saturated heterocycles. The molecule has 30 heteroatoms. The number of nitrogens with one attached hydrogen (secondary N) is 4. The number of aromatic nitrogens is 2. The molecule has 10 rings (SSSR count). The number of phenolic OH excluding ortho intramolecular Hbond substituents is 5. The summed E-state index contributed by atoms with van der Waals surface area (Å²) in [4.78, 5) is 70.3. The van der Waals surface area contributed by atoms with Crippen molar-refractivity contribution in [1.29, 1.82) is 0 Å². The van der Waals surface area contributed by atoms with Crippen LogP contribution >= 0.6 is 34.8 Å². The average Bonchev–Trinajstić information content (AvgIpc) is 1.61. The van der Waals surface area contributed by atoms with Gasteiger partial charge in [-0.05, 0) is 130 Å². The van der Waals surface area contributed by atoms with Gasteiger partial charge in [-0.1, -0.05) is 80.4 Å². The van der Waals surface area contributed by atoms with Crippen molar-refractivity contribution in [3.05, 3.63) is 136 Å². The maximum absolute atomic E-state index is 14.0. The standard InChI is InChI=1S/C34H46ClN3O10.C22H27N5O4.C18H22O4.C5H11Cl2N/c1-18-11-10-12-26(45-9)34(43)17-25(46-32(42)36-34)19(2)30-33(5,48-30)27(47-31(41)20(3)37(6)21(4)39)16-28(40)38(7)23-14-22(13-18)15-24(44-8)29(23)35;28-12-9-23-6-7-25-15-4-5-16-20-19(15)22(31)18-14(2-1-3-17(18)30)21(20)26-27(16)11-8-24-10-13-29;1-11(7-13-3-5-15(19)17(21)9-13)12(2)8-14-4-6-16(20)18(22)10-14;1-8(4-2-6)5-3-7/h10-12,14-15,19-20,25-27,30,43H,13,16-17H2,1-9H3,(H,36,42);1-5,23-25,28-30H,6-13H2;3-6,9-12,19-22H,7-8H2,1-2H3;2-5H2,1H3/b12-10-,18-11-;;;/t19-,20+,25+,26-,27+,30+,33+,34+;;11-,12+;/m1.../s1. The van der Waals surface area contributed by atoms with Crippen LogP contribution in [0, 0.1) is 17.8 Å². The molecule has 12 N–H and O–H groups in total. The molecule has 27 nitrogen and oxygen atoms in total. The Bertz CT molecular complexity index is 4120. The molecular weight excluding hydrogens is 1470 g/mol. The van der Waals surface area contributed by atoms with E-state index in [1.54, 1.807) is 63.4 Å². The first kappa shape index (κ1) is 87.8. The third-order valence-electron chi connectivity index (χ3n) is 20.1. The summed E-state index contributed by atoms with van der Waals surface area (Å²) < 4.78 is 30.8. The first-order chi connectivity index (χ1) is 51.8. The number of halogens is 3. The fraction of sp³-hybridized carbons (Fsp3) is 0.494. The zero-order valence-electron chi connectivity index (χ0n) is 63.9. The van der Waals surface area contributed by atoms with E-state index in [1.807, 2.05) is 55.1 Å². The second-order valence-electron chi connectivity index (χ2n) is 28.1. The zero-order chi connectivity index (χ0) is 80.2. The number of amides is 3. The molecule has 596 valence electrons. The number of hydrogen-bond acceptors (Lipinski definition) is 23. The summed E-state index contributed by atoms with van der Waals surface area (Å²) in [5.41, 5.74) is 4.71. The van der Waals surface area contributed by atoms with Crippen molar-refractivity contribution >= 4 is 86.7 Å². The molecule has 0 unspecified atom stereocenters. The third-order valence-corrected chi connectivity index (χ3v) is 20.8. The maximum Gasteiger partial charge on any atom is 0.409 e. The quantitative estimate of drug-likeness (QED) is 0.00834. The molecule has 2 fully saturated rings. The Morgan fingerprint density at radius 2 is 1.44 bits per heavy atom. The molecule has 0 radical (unpaired) electrons. The lowest BCUT2D eigenvalue weighted by molar-refractivity contribution is -0.161. The summed E-state index contributed by atoms with van der Waals surface area (Å²) in [6.45, 7) is 18.0. The molecule has 0 spiro atoms. The van der Waals surface area contributed by atoms with E-state index < -0.39 is 65.7 Å². The van der Waals surface area contributed by atoms with E-state index in [0.29, 0.717) is 103 Å². The lowest BCUT2D eigenvalue weighted by Crippen LogP contribution is -2.63. The van der Waals surface area contributed by atoms with Gasteiger partial charge in [0.05, 0.1) is 61.7 Å². The number of carbonyl (C=O) groups excluding carboxylic acids is 5. The number of aliphatic hydroxyl groups is 3. The van der Waals surface area contributed by atoms with Gasteiger partial charge in [0.25, 0.3) is 0 Å². The highest BCUT2D eigenvalue weighted by atomic mass is 35.5. The number of ether oxygens (including phenoxy) is 5. The summed E-state index contributed by atoms with van der Waals surface area (Å²) in [7, 11) is 7.97. The number of methoxy groups -OCH3 is 2. The SMILES string of the molecule is CN(CCCl)CCCl.COc1cc2cc(c1Cl)N(C)C(=O)C[C@H](OC(=O)[C@H](C)N(C)C(C)=O)[C@]1(C)O[C@H]1[C@H](C)[C@@H]1C[C@@](O)(NC(=O)O1)[C@H](OC)/C=C\C=C(\C)C2.C[C@H](Cc1ccc(O)c(O)c1)[C@@H](C)Cc1ccc(O)c(O)c1.O=C1c2c(O)cccc2-c2nn(CCNCCO)c3ccc(NCCNCCO)c1c23. The van der Waals surface area contributed by atoms with Crippen molar-refractivity contribution in [2.24, 2.45) is 17.8 Å². The highest BCUT2D eigenvalue weighted by Crippen LogP contribution is 2.50. The molecule has 3 aliphatic heterocycles. The van der Waals surface area contributed by atoms with Crippen LogP contribution in [0.3, 0.4) is 0 Å². The van der Waals surface area contributed by atoms with E-state index in [-0.39, 0.29) is 77.1 Å². The number of likely N-dealkylation sites (N-methyl/N-ethyl adjacent to an activating group) is 1. The van der Waals surface area contributed by atoms with Crippen LogP contribution in [0.5, 0.6) is 34.5 Å². The number of hydrogen-bond donors (Lipinski definition) is 12. The number of aliphatic hydroxyl groups excluding tert-OH is 2. The Balaban J connectivity index is 0.000000231. The highest BCUT2D eigenvalue weighted by molar-refractivity contribution is 6.35. The molecule has 4 heterocycles. The van der Waals surface area contributed by atoms with Gasteiger partial charge in [0.2, 0.25) is 11.8 Å². The zero-order valence-corrected chi connectivity index (χ0v) is 66.2. The van der Waals surface area contributed by atoms with Crippen LogP contribution in [0.15, 0.2) is 103 Å². The Kier molecular flexibility index (Phi) is 32.6. The number of fused-ring (bicyclic) bond motifs is 7. The fourth-order valence-electron chi connectivity index (χ4n) is 13.2. The van der Waals surface area contributed by atoms with E-state index >= 15 is 0 Å². The number of esters is 1. The minimum Gasteiger partial charge on any atom is -0.507 e. The van der Waals surface area contributed by atoms with Crippen LogP contribution in [0.2, 0.25) is 5.02 Å². The van der Waals surface area contributed by atoms with Crippen molar-refractivity contribution < 1.29 is 88.5 Å². The Hall–Kier alpha value is -8.45. The topological polar surface area (TPSA) is 372 Å². The van der Waals surface area contributed by atoms with Crippen LogP contribution < -0.4 is 30.9 Å². The monoisotopic (exact) mass is 1570 g/mol. The van der Waals surface area contributed by atoms with E-state index in [0.717, 1.165) is 59.1 Å². The Morgan fingerprint density at radius 3 is 2.02 bits per heavy atom. The fourth-order valence-corrected chi connectivity index (χ4v) is 14.1. The smallest absolute Gasteiger partial charge is 0.409 e. The molecule has 3 amide bonds. The number of benzene rings is 5. The summed E-state index contributed by atoms with van der Waals surface area (Å²) >= 11 is 17.6. The minimum atomic E-state index is -1.81. The van der Waals surface area contributed by atoms with E-state index in [1.165, 1.54) is 63.1 Å². The van der Waals surface area contributed by atoms with Crippen molar-refractivity contribution in [2.75, 3.05) is 116 Å². The molecule has 109 heavy (non-hydrogen) atoms. The molecule has 4 aliphatic rings. The van der Waals surface area contributed by atoms with Crippen molar-refractivity contribution in [2.45, 2.75) is 129 Å². The number of epoxide rings is 1. The van der Waals surface area contributed by atoms with Crippen molar-refractivity contribution in [1.82, 2.24) is 35.5 Å². The molecule has 1 aliphatic carbocycles. The number of ketones is 1. The number of anilines is 2. The van der Waals surface area contributed by atoms with Crippen LogP contribution in [0.1, 0.15) is 93.9 Å². The molecule has 6 aromatic rings. The van der Waals surface area contributed by atoms with Crippen molar-refractivity contribution in [3.63, 3.8) is 0 Å². The van der Waals surface area contributed by atoms with Gasteiger partial charge >= 0.3 is 12.1 Å². The largest absolute Gasteiger partial charge is 0.507 e. The number of alkyl carbamates (subject to hydrolysis) is 1. The summed E-state index contributed by atoms with van der Waals surface area (Å²) in [6, 6.07) is 21.3. The number of allylic oxidation sites excluding steroid dienone is 3. The van der Waals surface area contributed by atoms with Gasteiger partial charge in [-0.15, -0.1) is 23.2 Å². The molecule has 10 atom stereocenters. The van der Waals surface area contributed by atoms with Crippen LogP contribution in [0.25, 0.3) is 22.2 Å². The van der Waals surface area contributed by atoms with Gasteiger partial charge in [0.1, 0.15) is 52.2 Å². The first-order valence-corrected chi connectivity index (χ1v) is 37.7. The van der Waals surface area contributed by atoms with Gasteiger partial charge in [-0.25, -0.2) is 9.59 Å². The predicted octanol–water partition coefficient (Wildman–Crippen LogP) is 9.03. The highest BCUT2D eigenvalue weighted by Gasteiger charge is 2.64. The Morgan fingerprint density at radius 1 is 0.817 bits per heavy atom. The number of carbonyl (C=O) groups is 5. The van der Waals surface area contributed by atoms with Crippen molar-refractivity contribution in [3.8, 4) is 45.8 Å². The summed E-state index contributed by atoms with van der Waals surface area (Å²) in [6.07, 6.45) is 2.60. The summed E-state index contributed by atoms with van der Waals surface area (Å²) in [5.74, 6) is -0.225. The Labute approximate surface area is 651 Å². The molecule has 0 saturated carbocycles. The van der Waals surface area contributed by atoms with Gasteiger partial charge in [0.15, 0.2) is 34.5 Å². The third kappa shape index (κ3) is 22.6. The number of aromatic hydroxyl groups is 5. The van der Waals surface area contributed by atoms with Crippen LogP contribution in [0.4, 0.5) is 16.2 Å². The molecule has 4 bridgehead atoms. The molecular formula is C79H106Cl3N9O18. The lowest BCUT2D eigenvalue weighted by atomic mass is 9.83. The number of nitrogens with zero attached hydrogens (tertiary/aromatic N) is 5. The lowest BCUT2D eigenvalue weighted by Gasteiger charge is -2.42. The van der Waals surface area contributed by atoms with Gasteiger partial charge in [-0.3, -0.25) is 24.4 Å². The van der Waals surface area contributed by atoms with Crippen LogP contribution in [-0.2, 0) is 59.1 Å². The maximum atomic E-state index is 14.0. The van der Waals surface area contributed by atoms with E-state index in [2.05, 4.69) is 40.0 Å². The van der Waals surface area contributed by atoms with Gasteiger partial charge in [-0.2, -0.15) is 5.10 Å². The van der Waals surface area contributed by atoms with Gasteiger partial charge < -0.3 is 95.2 Å². The van der Waals surface area contributed by atoms with Gasteiger partial charge in [0, 0.05) is 115 Å². The van der Waals surface area contributed by atoms with Crippen LogP contribution in [-0.4, -0.2) is 238 Å². The first-order valence-electron chi connectivity index (χ1n) is 36.2. The van der Waals surface area contributed by atoms with E-state index in [4.69, 9.17) is 73.8 Å². The number of phenols is 5.